The maximum absolute atomic E-state index is 13.3. The number of benzene rings is 2. The van der Waals surface area contributed by atoms with E-state index in [1.165, 1.54) is 28.8 Å². The van der Waals surface area contributed by atoms with E-state index in [9.17, 15) is 23.6 Å². The molecule has 0 atom stereocenters. The number of aromatic hydroxyl groups is 1. The molecule has 0 saturated carbocycles. The molecular formula is C23H22BrN3O4S. The van der Waals surface area contributed by atoms with Crippen LogP contribution in [0.1, 0.15) is 43.6 Å². The van der Waals surface area contributed by atoms with E-state index in [1.807, 2.05) is 13.8 Å². The highest BCUT2D eigenvalue weighted by Crippen LogP contribution is 2.32. The fourth-order valence-electron chi connectivity index (χ4n) is 3.47. The van der Waals surface area contributed by atoms with Crippen molar-refractivity contribution in [3.63, 3.8) is 0 Å². The Balaban J connectivity index is 2.42. The molecule has 166 valence electrons. The van der Waals surface area contributed by atoms with Crippen molar-refractivity contribution in [3.05, 3.63) is 74.2 Å². The molecule has 0 unspecified atom stereocenters. The number of para-hydroxylation sites is 1. The maximum atomic E-state index is 13.3. The molecule has 1 aromatic heterocycles. The number of hydrogen-bond acceptors (Lipinski definition) is 6. The lowest BCUT2D eigenvalue weighted by Gasteiger charge is -2.20. The van der Waals surface area contributed by atoms with Gasteiger partial charge in [0.1, 0.15) is 11.9 Å². The minimum Gasteiger partial charge on any atom is -0.493 e. The molecule has 1 N–H and O–H groups in total. The molecule has 0 spiro atoms. The van der Waals surface area contributed by atoms with Crippen molar-refractivity contribution in [2.45, 2.75) is 49.3 Å². The Labute approximate surface area is 195 Å². The zero-order valence-corrected chi connectivity index (χ0v) is 20.1. The first-order valence-corrected chi connectivity index (χ1v) is 12.4. The van der Waals surface area contributed by atoms with Crippen LogP contribution < -0.4 is 5.56 Å². The maximum Gasteiger partial charge on any atom is 0.296 e. The van der Waals surface area contributed by atoms with Gasteiger partial charge in [-0.25, -0.2) is 8.42 Å². The summed E-state index contributed by atoms with van der Waals surface area (Å²) in [7, 11) is -4.37. The molecule has 0 aliphatic heterocycles. The third-order valence-corrected chi connectivity index (χ3v) is 7.41. The number of unbranched alkanes of at least 4 members (excludes halogenated alkanes) is 1. The molecule has 3 rings (SSSR count). The normalized spacial score (nSPS) is 11.3. The molecule has 0 aliphatic rings. The van der Waals surface area contributed by atoms with Crippen molar-refractivity contribution < 1.29 is 13.5 Å². The van der Waals surface area contributed by atoms with Gasteiger partial charge < -0.3 is 5.11 Å². The third kappa shape index (κ3) is 4.33. The van der Waals surface area contributed by atoms with Crippen molar-refractivity contribution in [2.24, 2.45) is 0 Å². The third-order valence-electron chi connectivity index (χ3n) is 5.09. The minimum atomic E-state index is -4.37. The van der Waals surface area contributed by atoms with Crippen molar-refractivity contribution in [3.8, 4) is 17.6 Å². The van der Waals surface area contributed by atoms with Gasteiger partial charge in [0.2, 0.25) is 15.7 Å². The van der Waals surface area contributed by atoms with Crippen LogP contribution in [-0.2, 0) is 22.7 Å². The topological polar surface area (TPSA) is 113 Å². The molecule has 0 amide bonds. The van der Waals surface area contributed by atoms with Crippen LogP contribution in [0.25, 0.3) is 5.69 Å². The van der Waals surface area contributed by atoms with Gasteiger partial charge in [-0.1, -0.05) is 48.3 Å². The molecule has 0 saturated heterocycles. The van der Waals surface area contributed by atoms with Crippen LogP contribution in [0.5, 0.6) is 5.88 Å². The predicted molar refractivity (Wildman–Crippen MR) is 124 cm³/mol. The standard InChI is InChI=1S/C23H22BrN3O4S/c1-3-5-9-19-26-22(28)21(32(30,31)18-12-10-17(24)11-13-18)23(29)27(19)20-15(4-2)7-6-8-16(20)14-25/h6-8,10-13,29H,3-5,9H2,1-2H3. The summed E-state index contributed by atoms with van der Waals surface area (Å²) in [6.45, 7) is 3.85. The zero-order chi connectivity index (χ0) is 23.5. The average molecular weight is 516 g/mol. The Kier molecular flexibility index (Phi) is 7.16. The van der Waals surface area contributed by atoms with Crippen LogP contribution >= 0.6 is 15.9 Å². The fourth-order valence-corrected chi connectivity index (χ4v) is 5.07. The second kappa shape index (κ2) is 9.67. The second-order valence-electron chi connectivity index (χ2n) is 7.16. The summed E-state index contributed by atoms with van der Waals surface area (Å²) >= 11 is 3.25. The molecule has 0 aliphatic carbocycles. The van der Waals surface area contributed by atoms with Crippen molar-refractivity contribution in [1.29, 1.82) is 5.26 Å². The second-order valence-corrected chi connectivity index (χ2v) is 9.96. The van der Waals surface area contributed by atoms with Crippen LogP contribution in [0.3, 0.4) is 0 Å². The Morgan fingerprint density at radius 3 is 2.44 bits per heavy atom. The number of hydrogen-bond donors (Lipinski definition) is 1. The van der Waals surface area contributed by atoms with E-state index in [2.05, 4.69) is 27.0 Å². The first kappa shape index (κ1) is 23.7. The lowest BCUT2D eigenvalue weighted by atomic mass is 10.0. The number of halogens is 1. The number of nitrogens with zero attached hydrogens (tertiary/aromatic N) is 3. The number of rotatable bonds is 7. The molecule has 0 bridgehead atoms. The van der Waals surface area contributed by atoms with Crippen LogP contribution in [0.4, 0.5) is 0 Å². The molecule has 7 nitrogen and oxygen atoms in total. The summed E-state index contributed by atoms with van der Waals surface area (Å²) in [4.78, 5) is 16.0. The molecule has 2 aromatic carbocycles. The Hall–Kier alpha value is -2.96. The largest absolute Gasteiger partial charge is 0.493 e. The van der Waals surface area contributed by atoms with Crippen LogP contribution in [-0.4, -0.2) is 23.1 Å². The quantitative estimate of drug-likeness (QED) is 0.501. The van der Waals surface area contributed by atoms with Gasteiger partial charge in [-0.05, 0) is 48.7 Å². The number of sulfone groups is 1. The van der Waals surface area contributed by atoms with E-state index in [0.717, 1.165) is 12.0 Å². The summed E-state index contributed by atoms with van der Waals surface area (Å²) in [5.41, 5.74) is 0.269. The summed E-state index contributed by atoms with van der Waals surface area (Å²) in [6.07, 6.45) is 2.33. The van der Waals surface area contributed by atoms with Crippen molar-refractivity contribution in [1.82, 2.24) is 9.55 Å². The van der Waals surface area contributed by atoms with Gasteiger partial charge in [0, 0.05) is 10.9 Å². The fraction of sp³-hybridized carbons (Fsp3) is 0.261. The Morgan fingerprint density at radius 2 is 1.84 bits per heavy atom. The highest BCUT2D eigenvalue weighted by molar-refractivity contribution is 9.10. The lowest BCUT2D eigenvalue weighted by Crippen LogP contribution is -2.25. The molecule has 0 fully saturated rings. The predicted octanol–water partition coefficient (Wildman–Crippen LogP) is 4.31. The summed E-state index contributed by atoms with van der Waals surface area (Å²) in [5.74, 6) is -0.530. The van der Waals surface area contributed by atoms with Crippen LogP contribution in [0.15, 0.2) is 61.5 Å². The Bertz CT molecular complexity index is 1360. The minimum absolute atomic E-state index is 0.146. The molecule has 32 heavy (non-hydrogen) atoms. The smallest absolute Gasteiger partial charge is 0.296 e. The van der Waals surface area contributed by atoms with Crippen LogP contribution in [0.2, 0.25) is 0 Å². The summed E-state index contributed by atoms with van der Waals surface area (Å²) < 4.78 is 28.5. The zero-order valence-electron chi connectivity index (χ0n) is 17.7. The molecule has 0 radical (unpaired) electrons. The summed E-state index contributed by atoms with van der Waals surface area (Å²) in [5, 5.41) is 20.9. The van der Waals surface area contributed by atoms with Crippen LogP contribution in [0, 0.1) is 11.3 Å². The van der Waals surface area contributed by atoms with Crippen molar-refractivity contribution >= 4 is 25.8 Å². The van der Waals surface area contributed by atoms with E-state index in [1.54, 1.807) is 18.2 Å². The number of aryl methyl sites for hydroxylation is 2. The van der Waals surface area contributed by atoms with E-state index < -0.39 is 26.2 Å². The first-order chi connectivity index (χ1) is 15.3. The van der Waals surface area contributed by atoms with Gasteiger partial charge in [-0.15, -0.1) is 0 Å². The van der Waals surface area contributed by atoms with E-state index in [-0.39, 0.29) is 16.3 Å². The molecule has 9 heteroatoms. The van der Waals surface area contributed by atoms with Crippen molar-refractivity contribution in [2.75, 3.05) is 0 Å². The first-order valence-electron chi connectivity index (χ1n) is 10.1. The molecule has 1 heterocycles. The van der Waals surface area contributed by atoms with E-state index in [4.69, 9.17) is 0 Å². The molecular weight excluding hydrogens is 494 g/mol. The highest BCUT2D eigenvalue weighted by Gasteiger charge is 2.31. The van der Waals surface area contributed by atoms with Gasteiger partial charge in [0.25, 0.3) is 5.56 Å². The van der Waals surface area contributed by atoms with Gasteiger partial charge in [0.05, 0.1) is 16.1 Å². The Morgan fingerprint density at radius 1 is 1.16 bits per heavy atom. The van der Waals surface area contributed by atoms with Gasteiger partial charge in [-0.3, -0.25) is 9.36 Å². The van der Waals surface area contributed by atoms with E-state index >= 15 is 0 Å². The average Bonchev–Trinajstić information content (AvgIpc) is 2.77. The highest BCUT2D eigenvalue weighted by atomic mass is 79.9. The van der Waals surface area contributed by atoms with Gasteiger partial charge in [0.15, 0.2) is 4.90 Å². The summed E-state index contributed by atoms with van der Waals surface area (Å²) in [6, 6.07) is 12.9. The lowest BCUT2D eigenvalue weighted by molar-refractivity contribution is 0.409. The van der Waals surface area contributed by atoms with Gasteiger partial charge in [-0.2, -0.15) is 10.2 Å². The number of aromatic nitrogens is 2. The number of nitriles is 1. The van der Waals surface area contributed by atoms with E-state index in [0.29, 0.717) is 29.4 Å². The van der Waals surface area contributed by atoms with Gasteiger partial charge >= 0.3 is 0 Å². The SMILES string of the molecule is CCCCc1nc(=O)c(S(=O)(=O)c2ccc(Br)cc2)c(O)n1-c1c(C#N)cccc1CC. The molecule has 3 aromatic rings. The monoisotopic (exact) mass is 515 g/mol.